The van der Waals surface area contributed by atoms with Gasteiger partial charge in [-0.2, -0.15) is 5.10 Å². The molecule has 0 saturated carbocycles. The molecule has 3 aromatic rings. The molecule has 0 atom stereocenters. The van der Waals surface area contributed by atoms with Gasteiger partial charge < -0.3 is 9.80 Å². The third-order valence-corrected chi connectivity index (χ3v) is 4.66. The number of pyridine rings is 1. The minimum Gasteiger partial charge on any atom is -0.370 e. The van der Waals surface area contributed by atoms with Gasteiger partial charge in [0.25, 0.3) is 5.91 Å². The lowest BCUT2D eigenvalue weighted by Gasteiger charge is -2.23. The van der Waals surface area contributed by atoms with Crippen molar-refractivity contribution in [2.45, 2.75) is 13.3 Å². The van der Waals surface area contributed by atoms with Gasteiger partial charge in [0.1, 0.15) is 5.52 Å². The monoisotopic (exact) mass is 336 g/mol. The number of hydrogen-bond acceptors (Lipinski definition) is 5. The van der Waals surface area contributed by atoms with E-state index in [4.69, 9.17) is 0 Å². The summed E-state index contributed by atoms with van der Waals surface area (Å²) in [5.41, 5.74) is 3.39. The maximum Gasteiger partial charge on any atom is 0.257 e. The van der Waals surface area contributed by atoms with Crippen molar-refractivity contribution in [2.75, 3.05) is 31.1 Å². The van der Waals surface area contributed by atoms with Crippen LogP contribution in [-0.2, 0) is 0 Å². The molecule has 0 N–H and O–H groups in total. The van der Waals surface area contributed by atoms with Gasteiger partial charge in [0.15, 0.2) is 0 Å². The average Bonchev–Trinajstić information content (AvgIpc) is 2.93. The van der Waals surface area contributed by atoms with Gasteiger partial charge in [0.05, 0.1) is 17.5 Å². The SMILES string of the molecule is Cc1nccn2ncc(C(=O)N3CCCN(c4ccncc4)CC3)c12. The molecule has 7 heteroatoms. The van der Waals surface area contributed by atoms with Crippen molar-refractivity contribution >= 4 is 17.1 Å². The molecule has 0 spiro atoms. The molecular weight excluding hydrogens is 316 g/mol. The fourth-order valence-corrected chi connectivity index (χ4v) is 3.37. The first-order chi connectivity index (χ1) is 12.2. The second-order valence-corrected chi connectivity index (χ2v) is 6.20. The van der Waals surface area contributed by atoms with E-state index in [0.717, 1.165) is 43.0 Å². The number of anilines is 1. The van der Waals surface area contributed by atoms with E-state index in [0.29, 0.717) is 12.1 Å². The lowest BCUT2D eigenvalue weighted by molar-refractivity contribution is 0.0769. The van der Waals surface area contributed by atoms with Crippen LogP contribution in [0.1, 0.15) is 22.5 Å². The lowest BCUT2D eigenvalue weighted by atomic mass is 10.2. The summed E-state index contributed by atoms with van der Waals surface area (Å²) in [5, 5.41) is 4.29. The Balaban J connectivity index is 1.55. The van der Waals surface area contributed by atoms with E-state index >= 15 is 0 Å². The minimum atomic E-state index is 0.0303. The van der Waals surface area contributed by atoms with Gasteiger partial charge in [0, 0.05) is 56.7 Å². The van der Waals surface area contributed by atoms with Crippen LogP contribution in [0.3, 0.4) is 0 Å². The van der Waals surface area contributed by atoms with Crippen LogP contribution in [0, 0.1) is 6.92 Å². The highest BCUT2D eigenvalue weighted by Gasteiger charge is 2.23. The van der Waals surface area contributed by atoms with E-state index in [-0.39, 0.29) is 5.91 Å². The van der Waals surface area contributed by atoms with Crippen LogP contribution < -0.4 is 4.90 Å². The smallest absolute Gasteiger partial charge is 0.257 e. The van der Waals surface area contributed by atoms with Gasteiger partial charge in [-0.1, -0.05) is 0 Å². The average molecular weight is 336 g/mol. The largest absolute Gasteiger partial charge is 0.370 e. The van der Waals surface area contributed by atoms with Crippen LogP contribution in [-0.4, -0.2) is 56.6 Å². The highest BCUT2D eigenvalue weighted by atomic mass is 16.2. The molecule has 0 bridgehead atoms. The number of aryl methyl sites for hydroxylation is 1. The standard InChI is InChI=1S/C18H20N6O/c1-14-17-16(13-21-24(17)10-7-20-14)18(25)23-9-2-8-22(11-12-23)15-3-5-19-6-4-15/h3-7,10,13H,2,8-9,11-12H2,1H3. The first kappa shape index (κ1) is 15.6. The fourth-order valence-electron chi connectivity index (χ4n) is 3.37. The quantitative estimate of drug-likeness (QED) is 0.714. The second-order valence-electron chi connectivity index (χ2n) is 6.20. The van der Waals surface area contributed by atoms with Crippen LogP contribution in [0.2, 0.25) is 0 Å². The van der Waals surface area contributed by atoms with Crippen LogP contribution in [0.15, 0.2) is 43.1 Å². The third kappa shape index (κ3) is 2.93. The molecule has 1 aliphatic heterocycles. The van der Waals surface area contributed by atoms with Gasteiger partial charge >= 0.3 is 0 Å². The van der Waals surface area contributed by atoms with E-state index in [1.807, 2.05) is 24.0 Å². The molecule has 4 rings (SSSR count). The Morgan fingerprint density at radius 3 is 2.76 bits per heavy atom. The molecule has 0 aliphatic carbocycles. The first-order valence-electron chi connectivity index (χ1n) is 8.47. The van der Waals surface area contributed by atoms with Crippen molar-refractivity contribution in [3.63, 3.8) is 0 Å². The van der Waals surface area contributed by atoms with E-state index in [1.165, 1.54) is 0 Å². The zero-order chi connectivity index (χ0) is 17.2. The summed E-state index contributed by atoms with van der Waals surface area (Å²) in [6.45, 7) is 5.09. The summed E-state index contributed by atoms with van der Waals surface area (Å²) in [7, 11) is 0. The summed E-state index contributed by atoms with van der Waals surface area (Å²) in [5.74, 6) is 0.0303. The van der Waals surface area contributed by atoms with Gasteiger partial charge in [-0.3, -0.25) is 14.8 Å². The fraction of sp³-hybridized carbons (Fsp3) is 0.333. The second kappa shape index (κ2) is 6.51. The lowest BCUT2D eigenvalue weighted by Crippen LogP contribution is -2.35. The number of fused-ring (bicyclic) bond motifs is 1. The topological polar surface area (TPSA) is 66.6 Å². The first-order valence-corrected chi connectivity index (χ1v) is 8.47. The van der Waals surface area contributed by atoms with Crippen molar-refractivity contribution in [3.05, 3.63) is 54.4 Å². The van der Waals surface area contributed by atoms with Crippen LogP contribution >= 0.6 is 0 Å². The predicted molar refractivity (Wildman–Crippen MR) is 94.7 cm³/mol. The molecule has 0 unspecified atom stereocenters. The molecule has 7 nitrogen and oxygen atoms in total. The van der Waals surface area contributed by atoms with E-state index < -0.39 is 0 Å². The molecule has 25 heavy (non-hydrogen) atoms. The Morgan fingerprint density at radius 1 is 1.08 bits per heavy atom. The van der Waals surface area contributed by atoms with Gasteiger partial charge in [0.2, 0.25) is 0 Å². The minimum absolute atomic E-state index is 0.0303. The van der Waals surface area contributed by atoms with Crippen molar-refractivity contribution in [2.24, 2.45) is 0 Å². The van der Waals surface area contributed by atoms with Crippen molar-refractivity contribution < 1.29 is 4.79 Å². The van der Waals surface area contributed by atoms with Gasteiger partial charge in [-0.25, -0.2) is 4.52 Å². The molecular formula is C18H20N6O. The predicted octanol–water partition coefficient (Wildman–Crippen LogP) is 1.79. The zero-order valence-corrected chi connectivity index (χ0v) is 14.2. The molecule has 0 radical (unpaired) electrons. The number of amides is 1. The number of hydrogen-bond donors (Lipinski definition) is 0. The number of aromatic nitrogens is 4. The number of nitrogens with zero attached hydrogens (tertiary/aromatic N) is 6. The summed E-state index contributed by atoms with van der Waals surface area (Å²) in [4.78, 5) is 25.6. The molecule has 1 amide bonds. The van der Waals surface area contributed by atoms with Gasteiger partial charge in [-0.15, -0.1) is 0 Å². The Bertz CT molecular complexity index is 891. The van der Waals surface area contributed by atoms with Crippen LogP contribution in [0.5, 0.6) is 0 Å². The maximum absolute atomic E-state index is 13.0. The maximum atomic E-state index is 13.0. The zero-order valence-electron chi connectivity index (χ0n) is 14.2. The summed E-state index contributed by atoms with van der Waals surface area (Å²) in [6.07, 6.45) is 9.66. The molecule has 3 aromatic heterocycles. The Hall–Kier alpha value is -2.96. The summed E-state index contributed by atoms with van der Waals surface area (Å²) >= 11 is 0. The molecule has 1 saturated heterocycles. The Morgan fingerprint density at radius 2 is 1.92 bits per heavy atom. The number of rotatable bonds is 2. The normalized spacial score (nSPS) is 15.4. The van der Waals surface area contributed by atoms with E-state index in [9.17, 15) is 4.79 Å². The Labute approximate surface area is 145 Å². The molecule has 128 valence electrons. The molecule has 4 heterocycles. The number of carbonyl (C=O) groups is 1. The third-order valence-electron chi connectivity index (χ3n) is 4.66. The van der Waals surface area contributed by atoms with Crippen LogP contribution in [0.4, 0.5) is 5.69 Å². The van der Waals surface area contributed by atoms with Crippen molar-refractivity contribution in [1.29, 1.82) is 0 Å². The van der Waals surface area contributed by atoms with Crippen molar-refractivity contribution in [3.8, 4) is 0 Å². The molecule has 1 aliphatic rings. The molecule has 1 fully saturated rings. The van der Waals surface area contributed by atoms with E-state index in [2.05, 4.69) is 20.0 Å². The summed E-state index contributed by atoms with van der Waals surface area (Å²) in [6, 6.07) is 4.02. The van der Waals surface area contributed by atoms with Crippen LogP contribution in [0.25, 0.3) is 5.52 Å². The summed E-state index contributed by atoms with van der Waals surface area (Å²) < 4.78 is 1.72. The van der Waals surface area contributed by atoms with E-state index in [1.54, 1.807) is 35.5 Å². The van der Waals surface area contributed by atoms with Crippen molar-refractivity contribution in [1.82, 2.24) is 24.5 Å². The highest BCUT2D eigenvalue weighted by molar-refractivity contribution is 6.01. The Kier molecular flexibility index (Phi) is 4.05. The molecule has 0 aromatic carbocycles. The highest BCUT2D eigenvalue weighted by Crippen LogP contribution is 2.19. The number of carbonyl (C=O) groups excluding carboxylic acids is 1. The van der Waals surface area contributed by atoms with Gasteiger partial charge in [-0.05, 0) is 25.5 Å².